The zero-order valence-corrected chi connectivity index (χ0v) is 12.4. The molecule has 0 aromatic heterocycles. The molecule has 106 valence electrons. The molecular formula is C17H27NO. The zero-order chi connectivity index (χ0) is 13.9. The molecule has 2 nitrogen and oxygen atoms in total. The van der Waals surface area contributed by atoms with Gasteiger partial charge in [0.2, 0.25) is 0 Å². The Morgan fingerprint density at radius 2 is 1.74 bits per heavy atom. The fourth-order valence-corrected chi connectivity index (χ4v) is 2.72. The van der Waals surface area contributed by atoms with Crippen LogP contribution < -0.4 is 5.32 Å². The molecule has 1 saturated carbocycles. The third-order valence-electron chi connectivity index (χ3n) is 4.12. The molecule has 0 spiro atoms. The van der Waals surface area contributed by atoms with Crippen molar-refractivity contribution in [1.29, 1.82) is 0 Å². The Hall–Kier alpha value is -0.860. The van der Waals surface area contributed by atoms with Gasteiger partial charge in [-0.05, 0) is 29.4 Å². The third-order valence-corrected chi connectivity index (χ3v) is 4.12. The van der Waals surface area contributed by atoms with Gasteiger partial charge in [-0.3, -0.25) is 0 Å². The van der Waals surface area contributed by atoms with Gasteiger partial charge >= 0.3 is 0 Å². The molecule has 0 unspecified atom stereocenters. The quantitative estimate of drug-likeness (QED) is 0.874. The summed E-state index contributed by atoms with van der Waals surface area (Å²) in [6.07, 6.45) is 4.28. The molecule has 19 heavy (non-hydrogen) atoms. The Kier molecular flexibility index (Phi) is 4.64. The molecule has 2 rings (SSSR count). The first-order chi connectivity index (χ1) is 8.97. The lowest BCUT2D eigenvalue weighted by molar-refractivity contribution is 0.0902. The normalized spacial score (nSPS) is 24.4. The number of hydrogen-bond acceptors (Lipinski definition) is 2. The van der Waals surface area contributed by atoms with Gasteiger partial charge in [0.1, 0.15) is 0 Å². The van der Waals surface area contributed by atoms with E-state index in [1.165, 1.54) is 24.0 Å². The van der Waals surface area contributed by atoms with E-state index in [1.54, 1.807) is 0 Å². The lowest BCUT2D eigenvalue weighted by Crippen LogP contribution is -2.41. The van der Waals surface area contributed by atoms with Crippen LogP contribution in [0.5, 0.6) is 0 Å². The van der Waals surface area contributed by atoms with E-state index < -0.39 is 0 Å². The van der Waals surface area contributed by atoms with Crippen LogP contribution in [0.1, 0.15) is 57.6 Å². The average molecular weight is 261 g/mol. The van der Waals surface area contributed by atoms with Crippen molar-refractivity contribution in [1.82, 2.24) is 5.32 Å². The maximum Gasteiger partial charge on any atom is 0.0693 e. The summed E-state index contributed by atoms with van der Waals surface area (Å²) < 4.78 is 0. The molecule has 1 aliphatic carbocycles. The van der Waals surface area contributed by atoms with Crippen LogP contribution in [0, 0.1) is 0 Å². The van der Waals surface area contributed by atoms with E-state index in [1.807, 2.05) is 0 Å². The third kappa shape index (κ3) is 4.05. The van der Waals surface area contributed by atoms with E-state index in [-0.39, 0.29) is 17.6 Å². The second-order valence-corrected chi connectivity index (χ2v) is 6.79. The first-order valence-electron chi connectivity index (χ1n) is 7.48. The Labute approximate surface area is 117 Å². The van der Waals surface area contributed by atoms with Crippen LogP contribution in [0.4, 0.5) is 0 Å². The lowest BCUT2D eigenvalue weighted by atomic mass is 9.86. The van der Waals surface area contributed by atoms with Gasteiger partial charge in [0.05, 0.1) is 6.10 Å². The van der Waals surface area contributed by atoms with Crippen LogP contribution in [-0.2, 0) is 12.0 Å². The van der Waals surface area contributed by atoms with Gasteiger partial charge in [-0.1, -0.05) is 57.9 Å². The standard InChI is InChI=1S/C17H27NO/c1-17(2,3)14-10-8-13(9-11-14)12-18-15-6-4-5-7-16(15)19/h8-11,15-16,18-19H,4-7,12H2,1-3H3/t15-,16+/m1/s1. The molecule has 2 atom stereocenters. The van der Waals surface area contributed by atoms with Crippen molar-refractivity contribution in [2.75, 3.05) is 0 Å². The zero-order valence-electron chi connectivity index (χ0n) is 12.4. The molecule has 0 bridgehead atoms. The molecule has 1 aromatic carbocycles. The molecular weight excluding hydrogens is 234 g/mol. The number of hydrogen-bond donors (Lipinski definition) is 2. The van der Waals surface area contributed by atoms with Crippen LogP contribution in [0.3, 0.4) is 0 Å². The van der Waals surface area contributed by atoms with Gasteiger partial charge in [-0.15, -0.1) is 0 Å². The predicted molar refractivity (Wildman–Crippen MR) is 80.2 cm³/mol. The van der Waals surface area contributed by atoms with Crippen molar-refractivity contribution < 1.29 is 5.11 Å². The molecule has 0 heterocycles. The molecule has 0 saturated heterocycles. The summed E-state index contributed by atoms with van der Waals surface area (Å²) >= 11 is 0. The Morgan fingerprint density at radius 3 is 2.32 bits per heavy atom. The lowest BCUT2D eigenvalue weighted by Gasteiger charge is -2.28. The maximum atomic E-state index is 9.94. The highest BCUT2D eigenvalue weighted by Crippen LogP contribution is 2.22. The second-order valence-electron chi connectivity index (χ2n) is 6.79. The molecule has 2 N–H and O–H groups in total. The fourth-order valence-electron chi connectivity index (χ4n) is 2.72. The summed E-state index contributed by atoms with van der Waals surface area (Å²) in [4.78, 5) is 0. The molecule has 1 fully saturated rings. The van der Waals surface area contributed by atoms with Crippen molar-refractivity contribution in [3.63, 3.8) is 0 Å². The molecule has 1 aliphatic rings. The minimum Gasteiger partial charge on any atom is -0.392 e. The van der Waals surface area contributed by atoms with Crippen molar-refractivity contribution in [2.45, 2.75) is 70.6 Å². The molecule has 0 amide bonds. The number of benzene rings is 1. The molecule has 2 heteroatoms. The maximum absolute atomic E-state index is 9.94. The van der Waals surface area contributed by atoms with E-state index in [0.717, 1.165) is 19.4 Å². The molecule has 1 aromatic rings. The van der Waals surface area contributed by atoms with Crippen LogP contribution in [-0.4, -0.2) is 17.3 Å². The summed E-state index contributed by atoms with van der Waals surface area (Å²) in [6.45, 7) is 7.56. The van der Waals surface area contributed by atoms with Gasteiger partial charge in [-0.2, -0.15) is 0 Å². The summed E-state index contributed by atoms with van der Waals surface area (Å²) in [6, 6.07) is 9.10. The van der Waals surface area contributed by atoms with Gasteiger partial charge in [0.15, 0.2) is 0 Å². The molecule has 0 radical (unpaired) electrons. The highest BCUT2D eigenvalue weighted by molar-refractivity contribution is 5.27. The predicted octanol–water partition coefficient (Wildman–Crippen LogP) is 3.38. The minimum atomic E-state index is -0.164. The summed E-state index contributed by atoms with van der Waals surface area (Å²) in [5.41, 5.74) is 2.88. The Morgan fingerprint density at radius 1 is 1.11 bits per heavy atom. The van der Waals surface area contributed by atoms with Crippen LogP contribution in [0.25, 0.3) is 0 Å². The van der Waals surface area contributed by atoms with E-state index in [9.17, 15) is 5.11 Å². The number of aliphatic hydroxyl groups is 1. The second kappa shape index (κ2) is 6.06. The number of aliphatic hydroxyl groups excluding tert-OH is 1. The van der Waals surface area contributed by atoms with Crippen molar-refractivity contribution >= 4 is 0 Å². The number of nitrogens with one attached hydrogen (secondary N) is 1. The van der Waals surface area contributed by atoms with Crippen LogP contribution in [0.15, 0.2) is 24.3 Å². The smallest absolute Gasteiger partial charge is 0.0693 e. The van der Waals surface area contributed by atoms with Crippen LogP contribution >= 0.6 is 0 Å². The molecule has 0 aliphatic heterocycles. The fraction of sp³-hybridized carbons (Fsp3) is 0.647. The van der Waals surface area contributed by atoms with Gasteiger partial charge in [0.25, 0.3) is 0 Å². The SMILES string of the molecule is CC(C)(C)c1ccc(CN[C@@H]2CCCC[C@@H]2O)cc1. The highest BCUT2D eigenvalue weighted by Gasteiger charge is 2.22. The Balaban J connectivity index is 1.89. The van der Waals surface area contributed by atoms with Crippen LogP contribution in [0.2, 0.25) is 0 Å². The van der Waals surface area contributed by atoms with Gasteiger partial charge < -0.3 is 10.4 Å². The summed E-state index contributed by atoms with van der Waals surface area (Å²) in [5.74, 6) is 0. The van der Waals surface area contributed by atoms with E-state index in [0.29, 0.717) is 0 Å². The number of rotatable bonds is 3. The first kappa shape index (κ1) is 14.5. The van der Waals surface area contributed by atoms with E-state index in [4.69, 9.17) is 0 Å². The van der Waals surface area contributed by atoms with E-state index in [2.05, 4.69) is 50.4 Å². The monoisotopic (exact) mass is 261 g/mol. The largest absolute Gasteiger partial charge is 0.392 e. The van der Waals surface area contributed by atoms with E-state index >= 15 is 0 Å². The van der Waals surface area contributed by atoms with Crippen molar-refractivity contribution in [3.8, 4) is 0 Å². The summed E-state index contributed by atoms with van der Waals surface area (Å²) in [7, 11) is 0. The van der Waals surface area contributed by atoms with Crippen molar-refractivity contribution in [2.24, 2.45) is 0 Å². The summed E-state index contributed by atoms with van der Waals surface area (Å²) in [5, 5.41) is 13.4. The van der Waals surface area contributed by atoms with Gasteiger partial charge in [0, 0.05) is 12.6 Å². The average Bonchev–Trinajstić information content (AvgIpc) is 2.37. The van der Waals surface area contributed by atoms with Gasteiger partial charge in [-0.25, -0.2) is 0 Å². The topological polar surface area (TPSA) is 32.3 Å². The van der Waals surface area contributed by atoms with Crippen molar-refractivity contribution in [3.05, 3.63) is 35.4 Å². The Bertz CT molecular complexity index is 391. The minimum absolute atomic E-state index is 0.164. The first-order valence-corrected chi connectivity index (χ1v) is 7.48. The highest BCUT2D eigenvalue weighted by atomic mass is 16.3.